The standard InChI is InChI=1S/C42H75O10P/c1-3-5-7-8-9-10-11-12-13-14-15-16-17-21-24-28-34-42(46)52-40(37-51-53(47,48)49)36-50-41(45)35-29-33-39(44)32-27-23-20-18-19-22-26-31-38(43)30-25-6-4-2/h19-20,22-23,26-27,31-32,38-40,43-44H,3-18,21,24-25,28-30,33-37H2,1-2H3,(H2,47,48,49)/b22-19-,23-20-,31-26+,32-27+/t38-,39-,40+/m0/s1. The molecule has 3 atom stereocenters. The zero-order chi connectivity index (χ0) is 39.3. The zero-order valence-electron chi connectivity index (χ0n) is 33.1. The maximum Gasteiger partial charge on any atom is 0.469 e. The molecule has 0 rings (SSSR count). The van der Waals surface area contributed by atoms with E-state index in [1.807, 2.05) is 30.4 Å². The number of hydrogen-bond acceptors (Lipinski definition) is 8. The smallest absolute Gasteiger partial charge is 0.462 e. The molecule has 308 valence electrons. The highest BCUT2D eigenvalue weighted by molar-refractivity contribution is 7.46. The summed E-state index contributed by atoms with van der Waals surface area (Å²) in [6.45, 7) is 3.39. The van der Waals surface area contributed by atoms with Gasteiger partial charge in [0.1, 0.15) is 6.61 Å². The van der Waals surface area contributed by atoms with Crippen LogP contribution in [0.5, 0.6) is 0 Å². The molecule has 0 amide bonds. The highest BCUT2D eigenvalue weighted by atomic mass is 31.2. The monoisotopic (exact) mass is 771 g/mol. The van der Waals surface area contributed by atoms with Crippen LogP contribution in [0.3, 0.4) is 0 Å². The number of rotatable bonds is 37. The van der Waals surface area contributed by atoms with Crippen LogP contribution < -0.4 is 0 Å². The van der Waals surface area contributed by atoms with E-state index in [0.717, 1.165) is 44.9 Å². The molecule has 0 radical (unpaired) electrons. The Kier molecular flexibility index (Phi) is 35.4. The highest BCUT2D eigenvalue weighted by Gasteiger charge is 2.23. The van der Waals surface area contributed by atoms with E-state index in [1.165, 1.54) is 77.0 Å². The summed E-state index contributed by atoms with van der Waals surface area (Å²) in [5, 5.41) is 20.0. The number of esters is 2. The summed E-state index contributed by atoms with van der Waals surface area (Å²) < 4.78 is 26.2. The fourth-order valence-corrected chi connectivity index (χ4v) is 6.01. The fourth-order valence-electron chi connectivity index (χ4n) is 5.65. The molecule has 10 nitrogen and oxygen atoms in total. The summed E-state index contributed by atoms with van der Waals surface area (Å²) in [4.78, 5) is 42.8. The van der Waals surface area contributed by atoms with Crippen LogP contribution in [0.25, 0.3) is 0 Å². The summed E-state index contributed by atoms with van der Waals surface area (Å²) >= 11 is 0. The van der Waals surface area contributed by atoms with Crippen molar-refractivity contribution in [3.63, 3.8) is 0 Å². The lowest BCUT2D eigenvalue weighted by atomic mass is 10.0. The molecular weight excluding hydrogens is 695 g/mol. The predicted octanol–water partition coefficient (Wildman–Crippen LogP) is 10.3. The summed E-state index contributed by atoms with van der Waals surface area (Å²) in [6, 6.07) is 0. The molecule has 0 aliphatic carbocycles. The third-order valence-corrected chi connectivity index (χ3v) is 9.29. The number of hydrogen-bond donors (Lipinski definition) is 4. The van der Waals surface area contributed by atoms with Gasteiger partial charge in [-0.3, -0.25) is 14.1 Å². The van der Waals surface area contributed by atoms with Crippen LogP contribution >= 0.6 is 7.82 Å². The van der Waals surface area contributed by atoms with E-state index in [9.17, 15) is 24.4 Å². The molecule has 0 fully saturated rings. The van der Waals surface area contributed by atoms with Gasteiger partial charge in [0.15, 0.2) is 6.10 Å². The average molecular weight is 771 g/mol. The Labute approximate surface area is 321 Å². The van der Waals surface area contributed by atoms with Gasteiger partial charge in [0, 0.05) is 12.8 Å². The maximum absolute atomic E-state index is 12.4. The molecule has 0 aliphatic heterocycles. The Hall–Kier alpha value is -2.07. The molecule has 0 aromatic rings. The summed E-state index contributed by atoms with van der Waals surface area (Å²) in [5.41, 5.74) is 0. The molecule has 0 bridgehead atoms. The van der Waals surface area contributed by atoms with E-state index < -0.39 is 44.7 Å². The number of ether oxygens (including phenoxy) is 2. The molecule has 11 heteroatoms. The maximum atomic E-state index is 12.4. The van der Waals surface area contributed by atoms with Gasteiger partial charge in [0.05, 0.1) is 18.8 Å². The van der Waals surface area contributed by atoms with Gasteiger partial charge < -0.3 is 29.5 Å². The lowest BCUT2D eigenvalue weighted by Crippen LogP contribution is -2.29. The number of aliphatic hydroxyl groups excluding tert-OH is 2. The third kappa shape index (κ3) is 39.4. The van der Waals surface area contributed by atoms with E-state index in [2.05, 4.69) is 18.4 Å². The van der Waals surface area contributed by atoms with Crippen molar-refractivity contribution in [1.29, 1.82) is 0 Å². The second-order valence-electron chi connectivity index (χ2n) is 14.0. The van der Waals surface area contributed by atoms with Gasteiger partial charge in [-0.2, -0.15) is 0 Å². The highest BCUT2D eigenvalue weighted by Crippen LogP contribution is 2.36. The number of phosphoric ester groups is 1. The lowest BCUT2D eigenvalue weighted by molar-refractivity contribution is -0.161. The zero-order valence-corrected chi connectivity index (χ0v) is 34.0. The Balaban J connectivity index is 4.16. The third-order valence-electron chi connectivity index (χ3n) is 8.81. The number of carbonyl (C=O) groups excluding carboxylic acids is 2. The minimum absolute atomic E-state index is 0.0194. The fraction of sp³-hybridized carbons (Fsp3) is 0.762. The number of unbranched alkanes of at least 4 members (excludes halogenated alkanes) is 17. The molecule has 0 saturated heterocycles. The van der Waals surface area contributed by atoms with E-state index in [4.69, 9.17) is 19.3 Å². The summed E-state index contributed by atoms with van der Waals surface area (Å²) in [6.07, 6.45) is 37.6. The van der Waals surface area contributed by atoms with E-state index >= 15 is 0 Å². The van der Waals surface area contributed by atoms with Crippen molar-refractivity contribution in [3.8, 4) is 0 Å². The van der Waals surface area contributed by atoms with E-state index in [0.29, 0.717) is 25.7 Å². The molecular formula is C42H75O10P. The van der Waals surface area contributed by atoms with Crippen LogP contribution in [0.4, 0.5) is 0 Å². The number of phosphoric acid groups is 1. The van der Waals surface area contributed by atoms with Crippen molar-refractivity contribution in [3.05, 3.63) is 48.6 Å². The van der Waals surface area contributed by atoms with Crippen molar-refractivity contribution in [2.24, 2.45) is 0 Å². The first-order chi connectivity index (χ1) is 25.6. The van der Waals surface area contributed by atoms with Crippen molar-refractivity contribution < 1.29 is 48.2 Å². The van der Waals surface area contributed by atoms with Crippen LogP contribution in [0.2, 0.25) is 0 Å². The molecule has 0 heterocycles. The van der Waals surface area contributed by atoms with Gasteiger partial charge in [-0.1, -0.05) is 178 Å². The second-order valence-corrected chi connectivity index (χ2v) is 15.3. The van der Waals surface area contributed by atoms with Crippen LogP contribution in [0, 0.1) is 0 Å². The van der Waals surface area contributed by atoms with Gasteiger partial charge in [0.25, 0.3) is 0 Å². The van der Waals surface area contributed by atoms with Gasteiger partial charge in [-0.05, 0) is 32.1 Å². The van der Waals surface area contributed by atoms with Gasteiger partial charge in [-0.25, -0.2) is 4.57 Å². The van der Waals surface area contributed by atoms with Crippen LogP contribution in [-0.2, 0) is 28.2 Å². The first-order valence-corrected chi connectivity index (χ1v) is 22.2. The quantitative estimate of drug-likeness (QED) is 0.0207. The Morgan fingerprint density at radius 1 is 0.566 bits per heavy atom. The Morgan fingerprint density at radius 3 is 1.49 bits per heavy atom. The molecule has 0 spiro atoms. The molecule has 0 saturated carbocycles. The molecule has 4 N–H and O–H groups in total. The Bertz CT molecular complexity index is 1030. The average Bonchev–Trinajstić information content (AvgIpc) is 3.11. The van der Waals surface area contributed by atoms with Crippen molar-refractivity contribution in [2.45, 2.75) is 193 Å². The Morgan fingerprint density at radius 2 is 1.00 bits per heavy atom. The van der Waals surface area contributed by atoms with Crippen LogP contribution in [0.15, 0.2) is 48.6 Å². The van der Waals surface area contributed by atoms with Crippen LogP contribution in [-0.4, -0.2) is 63.5 Å². The molecule has 0 aromatic heterocycles. The number of allylic oxidation sites excluding steroid dienone is 6. The van der Waals surface area contributed by atoms with E-state index in [-0.39, 0.29) is 19.4 Å². The van der Waals surface area contributed by atoms with Crippen LogP contribution in [0.1, 0.15) is 174 Å². The predicted molar refractivity (Wildman–Crippen MR) is 214 cm³/mol. The molecule has 0 aliphatic rings. The first-order valence-electron chi connectivity index (χ1n) is 20.6. The van der Waals surface area contributed by atoms with Crippen molar-refractivity contribution in [1.82, 2.24) is 0 Å². The largest absolute Gasteiger partial charge is 0.469 e. The minimum Gasteiger partial charge on any atom is -0.462 e. The minimum atomic E-state index is -4.81. The second kappa shape index (κ2) is 36.9. The topological polar surface area (TPSA) is 160 Å². The molecule has 0 unspecified atom stereocenters. The van der Waals surface area contributed by atoms with Gasteiger partial charge in [0.2, 0.25) is 0 Å². The number of carbonyl (C=O) groups is 2. The SMILES string of the molecule is CCCCCCCCCCCCCCCCCCC(=O)O[C@H](COC(=O)CCC[C@@H](O)/C=C/C=C\C/C=C\C=C\[C@@H](O)CCCCC)COP(=O)(O)O. The van der Waals surface area contributed by atoms with Gasteiger partial charge in [-0.15, -0.1) is 0 Å². The van der Waals surface area contributed by atoms with Gasteiger partial charge >= 0.3 is 19.8 Å². The lowest BCUT2D eigenvalue weighted by Gasteiger charge is -2.18. The number of aliphatic hydroxyl groups is 2. The van der Waals surface area contributed by atoms with Crippen molar-refractivity contribution in [2.75, 3.05) is 13.2 Å². The normalized spacial score (nSPS) is 14.2. The first kappa shape index (κ1) is 50.9. The van der Waals surface area contributed by atoms with E-state index in [1.54, 1.807) is 18.2 Å². The van der Waals surface area contributed by atoms with Crippen molar-refractivity contribution >= 4 is 19.8 Å². The summed E-state index contributed by atoms with van der Waals surface area (Å²) in [7, 11) is -4.81. The molecule has 0 aromatic carbocycles. The molecule has 53 heavy (non-hydrogen) atoms. The summed E-state index contributed by atoms with van der Waals surface area (Å²) in [5.74, 6) is -1.11.